The molecule has 0 aliphatic carbocycles. The van der Waals surface area contributed by atoms with Gasteiger partial charge in [0.15, 0.2) is 5.65 Å². The summed E-state index contributed by atoms with van der Waals surface area (Å²) < 4.78 is 10.3. The molecule has 1 unspecified atom stereocenters. The Hall–Kier alpha value is -4.42. The molecule has 1 atom stereocenters. The van der Waals surface area contributed by atoms with Crippen molar-refractivity contribution >= 4 is 23.3 Å². The third-order valence-corrected chi connectivity index (χ3v) is 6.04. The predicted molar refractivity (Wildman–Crippen MR) is 138 cm³/mol. The molecule has 9 nitrogen and oxygen atoms in total. The Morgan fingerprint density at radius 2 is 2.03 bits per heavy atom. The van der Waals surface area contributed by atoms with Gasteiger partial charge in [-0.05, 0) is 68.3 Å². The topological polar surface area (TPSA) is 106 Å². The number of benzene rings is 1. The number of fused-ring (bicyclic) bond motifs is 1. The predicted octanol–water partition coefficient (Wildman–Crippen LogP) is 3.72. The van der Waals surface area contributed by atoms with Crippen LogP contribution in [0.2, 0.25) is 0 Å². The highest BCUT2D eigenvalue weighted by Gasteiger charge is 2.16. The summed E-state index contributed by atoms with van der Waals surface area (Å²) in [7, 11) is 1.66. The number of ether oxygens (including phenoxy) is 1. The number of rotatable bonds is 8. The van der Waals surface area contributed by atoms with E-state index in [1.165, 1.54) is 9.08 Å². The average Bonchev–Trinajstić information content (AvgIpc) is 3.32. The zero-order valence-corrected chi connectivity index (χ0v) is 20.7. The van der Waals surface area contributed by atoms with Crippen LogP contribution in [0.5, 0.6) is 0 Å². The molecule has 4 aromatic rings. The van der Waals surface area contributed by atoms with E-state index in [0.717, 1.165) is 22.5 Å². The van der Waals surface area contributed by atoms with Gasteiger partial charge in [-0.25, -0.2) is 9.48 Å². The molecule has 1 N–H and O–H groups in total. The summed E-state index contributed by atoms with van der Waals surface area (Å²) in [6.45, 7) is 6.81. The number of nitriles is 1. The summed E-state index contributed by atoms with van der Waals surface area (Å²) in [6, 6.07) is 16.6. The number of amides is 1. The van der Waals surface area contributed by atoms with Crippen LogP contribution in [0.15, 0.2) is 65.1 Å². The monoisotopic (exact) mass is 484 g/mol. The van der Waals surface area contributed by atoms with Gasteiger partial charge in [0, 0.05) is 30.4 Å². The number of hydrogen-bond donors (Lipinski definition) is 1. The van der Waals surface area contributed by atoms with E-state index in [1.807, 2.05) is 38.1 Å². The maximum Gasteiger partial charge on any atom is 0.350 e. The van der Waals surface area contributed by atoms with Gasteiger partial charge in [-0.2, -0.15) is 5.26 Å². The fraction of sp³-hybridized carbons (Fsp3) is 0.259. The lowest BCUT2D eigenvalue weighted by atomic mass is 10.1. The van der Waals surface area contributed by atoms with Gasteiger partial charge in [-0.15, -0.1) is 5.10 Å². The third kappa shape index (κ3) is 4.99. The minimum absolute atomic E-state index is 0.00313. The van der Waals surface area contributed by atoms with Crippen molar-refractivity contribution in [1.29, 1.82) is 5.26 Å². The Morgan fingerprint density at radius 1 is 1.22 bits per heavy atom. The van der Waals surface area contributed by atoms with Crippen molar-refractivity contribution in [3.05, 3.63) is 93.3 Å². The quantitative estimate of drug-likeness (QED) is 0.303. The number of carbonyl (C=O) groups excluding carboxylic acids is 1. The largest absolute Gasteiger partial charge is 0.383 e. The van der Waals surface area contributed by atoms with Crippen LogP contribution in [0.3, 0.4) is 0 Å². The lowest BCUT2D eigenvalue weighted by Gasteiger charge is -2.17. The van der Waals surface area contributed by atoms with E-state index in [4.69, 9.17) is 4.74 Å². The second-order valence-electron chi connectivity index (χ2n) is 8.69. The molecular formula is C27H28N6O3. The van der Waals surface area contributed by atoms with Crippen LogP contribution >= 0.6 is 0 Å². The van der Waals surface area contributed by atoms with E-state index in [2.05, 4.69) is 21.9 Å². The number of nitrogens with zero attached hydrogens (tertiary/aromatic N) is 5. The molecule has 0 saturated heterocycles. The summed E-state index contributed by atoms with van der Waals surface area (Å²) >= 11 is 0. The molecule has 0 spiro atoms. The summed E-state index contributed by atoms with van der Waals surface area (Å²) in [5, 5.41) is 16.8. The second-order valence-corrected chi connectivity index (χ2v) is 8.69. The zero-order chi connectivity index (χ0) is 25.8. The van der Waals surface area contributed by atoms with Gasteiger partial charge in [0.1, 0.15) is 11.6 Å². The average molecular weight is 485 g/mol. The van der Waals surface area contributed by atoms with Crippen molar-refractivity contribution in [2.24, 2.45) is 0 Å². The molecule has 0 radical (unpaired) electrons. The first kappa shape index (κ1) is 24.7. The minimum Gasteiger partial charge on any atom is -0.383 e. The number of anilines is 1. The zero-order valence-electron chi connectivity index (χ0n) is 20.7. The van der Waals surface area contributed by atoms with Crippen molar-refractivity contribution in [3.8, 4) is 6.07 Å². The summed E-state index contributed by atoms with van der Waals surface area (Å²) in [5.74, 6) is -0.505. The lowest BCUT2D eigenvalue weighted by Crippen LogP contribution is -2.21. The van der Waals surface area contributed by atoms with Crippen LogP contribution in [0.25, 0.3) is 11.7 Å². The van der Waals surface area contributed by atoms with Crippen LogP contribution in [0.1, 0.15) is 35.5 Å². The molecule has 0 aliphatic rings. The van der Waals surface area contributed by atoms with Crippen molar-refractivity contribution in [2.75, 3.05) is 19.0 Å². The molecule has 4 rings (SSSR count). The Morgan fingerprint density at radius 3 is 2.75 bits per heavy atom. The number of nitrogens with one attached hydrogen (secondary N) is 1. The standard InChI is InChI=1S/C27H28N6O3/c1-18-12-22(20(3)33(18)19(2)17-36-4)14-23(15-28)26(34)29-24-9-7-8-21(13-24)16-32-27(35)31-11-6-5-10-25(31)30-32/h5-14,19H,16-17H2,1-4H3,(H,29,34)/b23-14-. The number of aryl methyl sites for hydroxylation is 1. The van der Waals surface area contributed by atoms with Gasteiger partial charge >= 0.3 is 5.69 Å². The Kier molecular flexibility index (Phi) is 7.17. The first-order chi connectivity index (χ1) is 17.3. The van der Waals surface area contributed by atoms with Crippen LogP contribution in [0.4, 0.5) is 5.69 Å². The van der Waals surface area contributed by atoms with Crippen LogP contribution < -0.4 is 11.0 Å². The molecule has 3 heterocycles. The highest BCUT2D eigenvalue weighted by atomic mass is 16.5. The number of methoxy groups -OCH3 is 1. The normalized spacial score (nSPS) is 12.5. The molecule has 9 heteroatoms. The van der Waals surface area contributed by atoms with Gasteiger partial charge in [-0.3, -0.25) is 9.20 Å². The molecule has 3 aromatic heterocycles. The van der Waals surface area contributed by atoms with E-state index in [-0.39, 0.29) is 23.8 Å². The molecule has 0 bridgehead atoms. The van der Waals surface area contributed by atoms with Gasteiger partial charge < -0.3 is 14.6 Å². The first-order valence-electron chi connectivity index (χ1n) is 11.6. The number of hydrogen-bond acceptors (Lipinski definition) is 5. The fourth-order valence-electron chi connectivity index (χ4n) is 4.44. The fourth-order valence-corrected chi connectivity index (χ4v) is 4.44. The SMILES string of the molecule is COCC(C)n1c(C)cc(/C=C(/C#N)C(=O)Nc2cccc(Cn3nc4ccccn4c3=O)c2)c1C. The summed E-state index contributed by atoms with van der Waals surface area (Å²) in [5.41, 5.74) is 4.41. The smallest absolute Gasteiger partial charge is 0.350 e. The van der Waals surface area contributed by atoms with Crippen molar-refractivity contribution in [3.63, 3.8) is 0 Å². The minimum atomic E-state index is -0.505. The van der Waals surface area contributed by atoms with Crippen LogP contribution in [-0.2, 0) is 16.1 Å². The van der Waals surface area contributed by atoms with Gasteiger partial charge in [0.25, 0.3) is 5.91 Å². The first-order valence-corrected chi connectivity index (χ1v) is 11.6. The molecule has 0 saturated carbocycles. The van der Waals surface area contributed by atoms with Gasteiger partial charge in [0.2, 0.25) is 0 Å². The molecule has 0 aliphatic heterocycles. The van der Waals surface area contributed by atoms with E-state index in [1.54, 1.807) is 49.7 Å². The molecule has 0 fully saturated rings. The molecular weight excluding hydrogens is 456 g/mol. The second kappa shape index (κ2) is 10.5. The van der Waals surface area contributed by atoms with E-state index < -0.39 is 5.91 Å². The highest BCUT2D eigenvalue weighted by molar-refractivity contribution is 6.09. The molecule has 1 amide bonds. The van der Waals surface area contributed by atoms with Crippen molar-refractivity contribution in [2.45, 2.75) is 33.4 Å². The van der Waals surface area contributed by atoms with E-state index >= 15 is 0 Å². The van der Waals surface area contributed by atoms with E-state index in [9.17, 15) is 14.9 Å². The Labute approximate surface area is 208 Å². The summed E-state index contributed by atoms with van der Waals surface area (Å²) in [6.07, 6.45) is 3.27. The number of carbonyl (C=O) groups is 1. The Bertz CT molecular complexity index is 1550. The maximum absolute atomic E-state index is 12.9. The highest BCUT2D eigenvalue weighted by Crippen LogP contribution is 2.23. The lowest BCUT2D eigenvalue weighted by molar-refractivity contribution is -0.112. The van der Waals surface area contributed by atoms with Crippen molar-refractivity contribution in [1.82, 2.24) is 18.7 Å². The molecule has 184 valence electrons. The summed E-state index contributed by atoms with van der Waals surface area (Å²) in [4.78, 5) is 25.5. The van der Waals surface area contributed by atoms with Gasteiger partial charge in [0.05, 0.1) is 19.2 Å². The van der Waals surface area contributed by atoms with Crippen molar-refractivity contribution < 1.29 is 9.53 Å². The molecule has 1 aromatic carbocycles. The maximum atomic E-state index is 12.9. The Balaban J connectivity index is 1.54. The number of aromatic nitrogens is 4. The third-order valence-electron chi connectivity index (χ3n) is 6.04. The van der Waals surface area contributed by atoms with Crippen LogP contribution in [-0.4, -0.2) is 38.4 Å². The number of pyridine rings is 1. The van der Waals surface area contributed by atoms with Gasteiger partial charge in [-0.1, -0.05) is 18.2 Å². The van der Waals surface area contributed by atoms with Crippen LogP contribution in [0, 0.1) is 25.2 Å². The molecule has 36 heavy (non-hydrogen) atoms. The van der Waals surface area contributed by atoms with E-state index in [0.29, 0.717) is 17.9 Å².